The van der Waals surface area contributed by atoms with E-state index in [0.29, 0.717) is 19.6 Å². The molecule has 1 N–H and O–H groups in total. The molecule has 0 bridgehead atoms. The van der Waals surface area contributed by atoms with Gasteiger partial charge in [-0.25, -0.2) is 0 Å². The second-order valence-electron chi connectivity index (χ2n) is 4.45. The molecule has 0 fully saturated rings. The number of methoxy groups -OCH3 is 1. The van der Waals surface area contributed by atoms with Crippen molar-refractivity contribution in [1.29, 1.82) is 0 Å². The molecule has 104 valence electrons. The van der Waals surface area contributed by atoms with Crippen LogP contribution in [-0.2, 0) is 16.0 Å². The van der Waals surface area contributed by atoms with Crippen LogP contribution in [0.5, 0.6) is 11.5 Å². The van der Waals surface area contributed by atoms with Gasteiger partial charge < -0.3 is 19.5 Å². The molecule has 0 aromatic heterocycles. The van der Waals surface area contributed by atoms with E-state index in [-0.39, 0.29) is 12.0 Å². The molecule has 0 saturated heterocycles. The quantitative estimate of drug-likeness (QED) is 0.809. The van der Waals surface area contributed by atoms with E-state index in [1.807, 2.05) is 25.2 Å². The fraction of sp³-hybridized carbons (Fsp3) is 0.500. The van der Waals surface area contributed by atoms with Crippen LogP contribution >= 0.6 is 0 Å². The summed E-state index contributed by atoms with van der Waals surface area (Å²) in [4.78, 5) is 11.3. The minimum Gasteiger partial charge on any atom is -0.486 e. The first kappa shape index (κ1) is 13.7. The Morgan fingerprint density at radius 2 is 2.11 bits per heavy atom. The maximum Gasteiger partial charge on any atom is 0.307 e. The van der Waals surface area contributed by atoms with Crippen molar-refractivity contribution >= 4 is 5.97 Å². The predicted molar refractivity (Wildman–Crippen MR) is 70.6 cm³/mol. The van der Waals surface area contributed by atoms with E-state index in [2.05, 4.69) is 10.1 Å². The van der Waals surface area contributed by atoms with Crippen molar-refractivity contribution in [2.45, 2.75) is 18.9 Å². The molecule has 5 heteroatoms. The molecule has 1 aliphatic heterocycles. The largest absolute Gasteiger partial charge is 0.486 e. The Hall–Kier alpha value is -1.75. The van der Waals surface area contributed by atoms with Crippen LogP contribution < -0.4 is 14.8 Å². The minimum atomic E-state index is -0.211. The van der Waals surface area contributed by atoms with Gasteiger partial charge in [0.2, 0.25) is 0 Å². The number of rotatable bonds is 5. The number of likely N-dealkylation sites (N-methyl/N-ethyl adjacent to an activating group) is 1. The second kappa shape index (κ2) is 6.43. The second-order valence-corrected chi connectivity index (χ2v) is 4.45. The summed E-state index contributed by atoms with van der Waals surface area (Å²) in [5.41, 5.74) is 1.10. The highest BCUT2D eigenvalue weighted by Gasteiger charge is 2.16. The molecule has 0 saturated carbocycles. The Balaban J connectivity index is 2.03. The highest BCUT2D eigenvalue weighted by Crippen LogP contribution is 2.31. The summed E-state index contributed by atoms with van der Waals surface area (Å²) in [6, 6.07) is 5.93. The third-order valence-corrected chi connectivity index (χ3v) is 3.14. The lowest BCUT2D eigenvalue weighted by atomic mass is 10.0. The molecule has 0 radical (unpaired) electrons. The Morgan fingerprint density at radius 3 is 2.79 bits per heavy atom. The Bertz CT molecular complexity index is 447. The average Bonchev–Trinajstić information content (AvgIpc) is 2.46. The number of nitrogens with one attached hydrogen (secondary N) is 1. The zero-order valence-electron chi connectivity index (χ0n) is 11.3. The fourth-order valence-corrected chi connectivity index (χ4v) is 2.06. The Morgan fingerprint density at radius 1 is 1.37 bits per heavy atom. The van der Waals surface area contributed by atoms with Gasteiger partial charge in [0.25, 0.3) is 0 Å². The molecule has 0 spiro atoms. The van der Waals surface area contributed by atoms with E-state index in [9.17, 15) is 4.79 Å². The SMILES string of the molecule is CNC(CC(=O)OC)Cc1ccc2c(c1)OCCO2. The maximum absolute atomic E-state index is 11.3. The monoisotopic (exact) mass is 265 g/mol. The molecule has 1 aliphatic rings. The smallest absolute Gasteiger partial charge is 0.307 e. The summed E-state index contributed by atoms with van der Waals surface area (Å²) in [6.07, 6.45) is 1.09. The highest BCUT2D eigenvalue weighted by atomic mass is 16.6. The summed E-state index contributed by atoms with van der Waals surface area (Å²) in [7, 11) is 3.24. The van der Waals surface area contributed by atoms with E-state index in [0.717, 1.165) is 23.5 Å². The first-order chi connectivity index (χ1) is 9.22. The summed E-state index contributed by atoms with van der Waals surface area (Å²) in [5, 5.41) is 3.12. The summed E-state index contributed by atoms with van der Waals surface area (Å²) >= 11 is 0. The van der Waals surface area contributed by atoms with Crippen molar-refractivity contribution in [2.24, 2.45) is 0 Å². The van der Waals surface area contributed by atoms with Crippen LogP contribution in [0.3, 0.4) is 0 Å². The lowest BCUT2D eigenvalue weighted by molar-refractivity contribution is -0.141. The van der Waals surface area contributed by atoms with Gasteiger partial charge in [-0.05, 0) is 31.2 Å². The van der Waals surface area contributed by atoms with E-state index in [1.54, 1.807) is 0 Å². The van der Waals surface area contributed by atoms with Crippen LogP contribution in [0.4, 0.5) is 0 Å². The lowest BCUT2D eigenvalue weighted by Gasteiger charge is -2.20. The maximum atomic E-state index is 11.3. The van der Waals surface area contributed by atoms with Gasteiger partial charge >= 0.3 is 5.97 Å². The molecule has 0 amide bonds. The number of benzene rings is 1. The molecular weight excluding hydrogens is 246 g/mol. The highest BCUT2D eigenvalue weighted by molar-refractivity contribution is 5.70. The molecular formula is C14H19NO4. The molecule has 1 aromatic carbocycles. The summed E-state index contributed by atoms with van der Waals surface area (Å²) in [6.45, 7) is 1.17. The van der Waals surface area contributed by atoms with Crippen molar-refractivity contribution in [3.8, 4) is 11.5 Å². The fourth-order valence-electron chi connectivity index (χ4n) is 2.06. The minimum absolute atomic E-state index is 0.0509. The molecule has 1 heterocycles. The molecule has 5 nitrogen and oxygen atoms in total. The predicted octanol–water partition coefficient (Wildman–Crippen LogP) is 1.15. The molecule has 19 heavy (non-hydrogen) atoms. The first-order valence-corrected chi connectivity index (χ1v) is 6.35. The van der Waals surface area contributed by atoms with Crippen molar-refractivity contribution in [1.82, 2.24) is 5.32 Å². The van der Waals surface area contributed by atoms with Gasteiger partial charge in [0.15, 0.2) is 11.5 Å². The normalized spacial score (nSPS) is 14.8. The van der Waals surface area contributed by atoms with E-state index in [1.165, 1.54) is 7.11 Å². The van der Waals surface area contributed by atoms with Crippen LogP contribution in [-0.4, -0.2) is 39.4 Å². The van der Waals surface area contributed by atoms with Gasteiger partial charge in [-0.3, -0.25) is 4.79 Å². The van der Waals surface area contributed by atoms with Gasteiger partial charge in [-0.2, -0.15) is 0 Å². The molecule has 0 aliphatic carbocycles. The number of ether oxygens (including phenoxy) is 3. The zero-order valence-corrected chi connectivity index (χ0v) is 11.3. The van der Waals surface area contributed by atoms with Gasteiger partial charge in [0.1, 0.15) is 13.2 Å². The molecule has 1 unspecified atom stereocenters. The van der Waals surface area contributed by atoms with Crippen LogP contribution in [0.1, 0.15) is 12.0 Å². The van der Waals surface area contributed by atoms with E-state index in [4.69, 9.17) is 9.47 Å². The van der Waals surface area contributed by atoms with E-state index < -0.39 is 0 Å². The van der Waals surface area contributed by atoms with Gasteiger partial charge in [0, 0.05) is 6.04 Å². The number of carbonyl (C=O) groups is 1. The number of esters is 1. The van der Waals surface area contributed by atoms with E-state index >= 15 is 0 Å². The summed E-state index contributed by atoms with van der Waals surface area (Å²) < 4.78 is 15.7. The lowest BCUT2D eigenvalue weighted by Crippen LogP contribution is -2.30. The van der Waals surface area contributed by atoms with Gasteiger partial charge in [-0.15, -0.1) is 0 Å². The first-order valence-electron chi connectivity index (χ1n) is 6.35. The van der Waals surface area contributed by atoms with Gasteiger partial charge in [-0.1, -0.05) is 6.07 Å². The molecule has 1 aromatic rings. The Labute approximate surface area is 112 Å². The topological polar surface area (TPSA) is 56.8 Å². The summed E-state index contributed by atoms with van der Waals surface area (Å²) in [5.74, 6) is 1.34. The number of fused-ring (bicyclic) bond motifs is 1. The Kier molecular flexibility index (Phi) is 4.63. The van der Waals surface area contributed by atoms with Gasteiger partial charge in [0.05, 0.1) is 13.5 Å². The van der Waals surface area contributed by atoms with Crippen molar-refractivity contribution in [3.63, 3.8) is 0 Å². The van der Waals surface area contributed by atoms with Crippen molar-refractivity contribution in [2.75, 3.05) is 27.4 Å². The van der Waals surface area contributed by atoms with Crippen LogP contribution in [0.15, 0.2) is 18.2 Å². The number of hydrogen-bond acceptors (Lipinski definition) is 5. The van der Waals surface area contributed by atoms with Crippen LogP contribution in [0.25, 0.3) is 0 Å². The third-order valence-electron chi connectivity index (χ3n) is 3.14. The molecule has 2 rings (SSSR count). The third kappa shape index (κ3) is 3.61. The molecule has 1 atom stereocenters. The van der Waals surface area contributed by atoms with Crippen LogP contribution in [0.2, 0.25) is 0 Å². The van der Waals surface area contributed by atoms with Crippen molar-refractivity contribution < 1.29 is 19.0 Å². The standard InChI is InChI=1S/C14H19NO4/c1-15-11(9-14(16)17-2)7-10-3-4-12-13(8-10)19-6-5-18-12/h3-4,8,11,15H,5-7,9H2,1-2H3. The average molecular weight is 265 g/mol. The number of carbonyl (C=O) groups excluding carboxylic acids is 1. The number of hydrogen-bond donors (Lipinski definition) is 1. The van der Waals surface area contributed by atoms with Crippen molar-refractivity contribution in [3.05, 3.63) is 23.8 Å². The van der Waals surface area contributed by atoms with Crippen LogP contribution in [0, 0.1) is 0 Å². The zero-order chi connectivity index (χ0) is 13.7.